The Kier molecular flexibility index (Phi) is 4.80. The number of anilines is 1. The standard InChI is InChI=1S/C14H24NPS/c1-6-16(17,7-2)15-13-10-8-9-12(11-13)14(3,4)5/h8-11H,6-7H2,1-5H3,(H,15,17). The predicted molar refractivity (Wildman–Crippen MR) is 84.1 cm³/mol. The van der Waals surface area contributed by atoms with Gasteiger partial charge < -0.3 is 5.09 Å². The second kappa shape index (κ2) is 5.54. The van der Waals surface area contributed by atoms with Crippen molar-refractivity contribution in [3.8, 4) is 0 Å². The lowest BCUT2D eigenvalue weighted by molar-refractivity contribution is 0.590. The highest BCUT2D eigenvalue weighted by molar-refractivity contribution is 8.15. The highest BCUT2D eigenvalue weighted by atomic mass is 32.4. The van der Waals surface area contributed by atoms with Gasteiger partial charge in [0.1, 0.15) is 0 Å². The van der Waals surface area contributed by atoms with Gasteiger partial charge in [-0.2, -0.15) is 0 Å². The van der Waals surface area contributed by atoms with Crippen molar-refractivity contribution in [1.29, 1.82) is 0 Å². The van der Waals surface area contributed by atoms with Gasteiger partial charge in [-0.25, -0.2) is 0 Å². The molecule has 0 aromatic heterocycles. The van der Waals surface area contributed by atoms with Crippen LogP contribution in [-0.4, -0.2) is 12.3 Å². The van der Waals surface area contributed by atoms with Crippen molar-refractivity contribution >= 4 is 23.7 Å². The Labute approximate surface area is 111 Å². The summed E-state index contributed by atoms with van der Waals surface area (Å²) in [6, 6.07) is 8.68. The van der Waals surface area contributed by atoms with Crippen molar-refractivity contribution in [3.05, 3.63) is 29.8 Å². The second-order valence-electron chi connectivity index (χ2n) is 5.46. The van der Waals surface area contributed by atoms with Crippen LogP contribution in [0.5, 0.6) is 0 Å². The number of hydrogen-bond acceptors (Lipinski definition) is 1. The van der Waals surface area contributed by atoms with Gasteiger partial charge in [0, 0.05) is 11.9 Å². The smallest absolute Gasteiger partial charge is 0.0380 e. The highest BCUT2D eigenvalue weighted by Gasteiger charge is 2.15. The van der Waals surface area contributed by atoms with Crippen LogP contribution in [0, 0.1) is 0 Å². The number of hydrogen-bond donors (Lipinski definition) is 1. The molecule has 17 heavy (non-hydrogen) atoms. The zero-order valence-corrected chi connectivity index (χ0v) is 13.3. The minimum absolute atomic E-state index is 0.193. The Bertz CT molecular complexity index is 412. The minimum Gasteiger partial charge on any atom is -0.357 e. The zero-order valence-electron chi connectivity index (χ0n) is 11.6. The van der Waals surface area contributed by atoms with E-state index < -0.39 is 6.19 Å². The quantitative estimate of drug-likeness (QED) is 0.786. The van der Waals surface area contributed by atoms with Crippen molar-refractivity contribution in [2.75, 3.05) is 17.4 Å². The van der Waals surface area contributed by atoms with Gasteiger partial charge in [-0.1, -0.05) is 58.6 Å². The summed E-state index contributed by atoms with van der Waals surface area (Å²) in [6.45, 7) is 11.1. The van der Waals surface area contributed by atoms with Crippen molar-refractivity contribution in [3.63, 3.8) is 0 Å². The summed E-state index contributed by atoms with van der Waals surface area (Å²) >= 11 is 5.72. The zero-order chi connectivity index (χ0) is 13.1. The second-order valence-corrected chi connectivity index (χ2v) is 10.8. The fourth-order valence-corrected chi connectivity index (χ4v) is 3.36. The third kappa shape index (κ3) is 4.12. The van der Waals surface area contributed by atoms with Crippen LogP contribution in [-0.2, 0) is 17.2 Å². The van der Waals surface area contributed by atoms with Crippen molar-refractivity contribution < 1.29 is 0 Å². The molecule has 0 saturated carbocycles. The molecule has 0 aliphatic rings. The molecule has 0 atom stereocenters. The molecule has 0 radical (unpaired) electrons. The van der Waals surface area contributed by atoms with Gasteiger partial charge in [0.05, 0.1) is 0 Å². The van der Waals surface area contributed by atoms with Gasteiger partial charge in [0.15, 0.2) is 0 Å². The van der Waals surface area contributed by atoms with Gasteiger partial charge in [-0.05, 0) is 35.4 Å². The van der Waals surface area contributed by atoms with Crippen molar-refractivity contribution in [1.82, 2.24) is 0 Å². The van der Waals surface area contributed by atoms with Crippen LogP contribution in [0.15, 0.2) is 24.3 Å². The van der Waals surface area contributed by atoms with E-state index in [0.29, 0.717) is 0 Å². The summed E-state index contributed by atoms with van der Waals surface area (Å²) in [5.74, 6) is 0. The first kappa shape index (κ1) is 14.7. The Hall–Kier alpha value is -0.330. The first-order chi connectivity index (χ1) is 7.80. The number of nitrogens with one attached hydrogen (secondary N) is 1. The van der Waals surface area contributed by atoms with Gasteiger partial charge in [0.2, 0.25) is 0 Å². The molecular weight excluding hydrogens is 245 g/mol. The van der Waals surface area contributed by atoms with E-state index in [9.17, 15) is 0 Å². The maximum atomic E-state index is 5.72. The average molecular weight is 269 g/mol. The SMILES string of the molecule is CCP(=S)(CC)Nc1cccc(C(C)(C)C)c1. The van der Waals surface area contributed by atoms with Gasteiger partial charge in [-0.3, -0.25) is 0 Å². The van der Waals surface area contributed by atoms with E-state index in [-0.39, 0.29) is 5.41 Å². The summed E-state index contributed by atoms with van der Waals surface area (Å²) in [5.41, 5.74) is 2.74. The summed E-state index contributed by atoms with van der Waals surface area (Å²) in [6.07, 6.45) is 0.744. The predicted octanol–water partition coefficient (Wildman–Crippen LogP) is 4.83. The molecular formula is C14H24NPS. The summed E-state index contributed by atoms with van der Waals surface area (Å²) in [7, 11) is 0. The van der Waals surface area contributed by atoms with Gasteiger partial charge in [-0.15, -0.1) is 0 Å². The summed E-state index contributed by atoms with van der Waals surface area (Å²) in [5, 5.41) is 3.59. The van der Waals surface area contributed by atoms with Crippen LogP contribution in [0.25, 0.3) is 0 Å². The third-order valence-electron chi connectivity index (χ3n) is 3.08. The molecule has 0 saturated heterocycles. The maximum absolute atomic E-state index is 5.72. The summed E-state index contributed by atoms with van der Waals surface area (Å²) in [4.78, 5) is 0. The maximum Gasteiger partial charge on any atom is 0.0380 e. The molecule has 1 aromatic carbocycles. The third-order valence-corrected chi connectivity index (χ3v) is 7.62. The molecule has 96 valence electrons. The van der Waals surface area contributed by atoms with E-state index in [4.69, 9.17) is 11.8 Å². The Balaban J connectivity index is 2.98. The van der Waals surface area contributed by atoms with E-state index in [1.54, 1.807) is 0 Å². The number of rotatable bonds is 4. The molecule has 3 heteroatoms. The fourth-order valence-electron chi connectivity index (χ4n) is 1.67. The molecule has 0 heterocycles. The Morgan fingerprint density at radius 1 is 1.18 bits per heavy atom. The van der Waals surface area contributed by atoms with Crippen molar-refractivity contribution in [2.24, 2.45) is 0 Å². The molecule has 0 spiro atoms. The molecule has 0 fully saturated rings. The average Bonchev–Trinajstić information content (AvgIpc) is 2.28. The van der Waals surface area contributed by atoms with Gasteiger partial charge >= 0.3 is 0 Å². The highest BCUT2D eigenvalue weighted by Crippen LogP contribution is 2.45. The van der Waals surface area contributed by atoms with E-state index in [1.807, 2.05) is 0 Å². The van der Waals surface area contributed by atoms with E-state index >= 15 is 0 Å². The largest absolute Gasteiger partial charge is 0.357 e. The first-order valence-corrected chi connectivity index (χ1v) is 9.45. The van der Waals surface area contributed by atoms with E-state index in [2.05, 4.69) is 64.0 Å². The lowest BCUT2D eigenvalue weighted by atomic mass is 9.87. The summed E-state index contributed by atoms with van der Waals surface area (Å²) < 4.78 is 0. The molecule has 1 N–H and O–H groups in total. The molecule has 0 unspecified atom stereocenters. The molecule has 0 aliphatic heterocycles. The monoisotopic (exact) mass is 269 g/mol. The minimum atomic E-state index is -1.39. The van der Waals surface area contributed by atoms with E-state index in [0.717, 1.165) is 12.3 Å². The van der Waals surface area contributed by atoms with Crippen LogP contribution < -0.4 is 5.09 Å². The lowest BCUT2D eigenvalue weighted by Crippen LogP contribution is -2.11. The molecule has 1 aromatic rings. The first-order valence-electron chi connectivity index (χ1n) is 6.27. The van der Waals surface area contributed by atoms with Crippen LogP contribution in [0.4, 0.5) is 5.69 Å². The molecule has 0 amide bonds. The normalized spacial score (nSPS) is 12.5. The molecule has 1 nitrogen and oxygen atoms in total. The fraction of sp³-hybridized carbons (Fsp3) is 0.571. The van der Waals surface area contributed by atoms with E-state index in [1.165, 1.54) is 11.3 Å². The molecule has 0 bridgehead atoms. The lowest BCUT2D eigenvalue weighted by Gasteiger charge is -2.24. The molecule has 0 aliphatic carbocycles. The van der Waals surface area contributed by atoms with Crippen LogP contribution in [0.3, 0.4) is 0 Å². The topological polar surface area (TPSA) is 12.0 Å². The Morgan fingerprint density at radius 3 is 2.24 bits per heavy atom. The van der Waals surface area contributed by atoms with Crippen LogP contribution in [0.2, 0.25) is 0 Å². The Morgan fingerprint density at radius 2 is 1.76 bits per heavy atom. The number of benzene rings is 1. The van der Waals surface area contributed by atoms with Crippen molar-refractivity contribution in [2.45, 2.75) is 40.0 Å². The van der Waals surface area contributed by atoms with Crippen LogP contribution in [0.1, 0.15) is 40.2 Å². The molecule has 1 rings (SSSR count). The van der Waals surface area contributed by atoms with Crippen LogP contribution >= 0.6 is 6.19 Å². The van der Waals surface area contributed by atoms with Gasteiger partial charge in [0.25, 0.3) is 0 Å².